The third-order valence-electron chi connectivity index (χ3n) is 4.53. The Labute approximate surface area is 170 Å². The maximum atomic E-state index is 13.1. The first-order valence-corrected chi connectivity index (χ1v) is 10.1. The molecule has 0 spiro atoms. The van der Waals surface area contributed by atoms with Crippen LogP contribution >= 0.6 is 27.3 Å². The van der Waals surface area contributed by atoms with Crippen LogP contribution in [0.25, 0.3) is 0 Å². The molecule has 0 saturated heterocycles. The standard InChI is InChI=1S/C20H20BrN3O2S/c1-20(2,18(25)23-19-24-22-12-27-19)17(13-7-5-4-6-8-13)14-9-10-16(26-3)15(21)11-14/h4-12,17H,1-3H3,(H,23,24,25)/t17-/m1/s1. The molecular weight excluding hydrogens is 426 g/mol. The highest BCUT2D eigenvalue weighted by molar-refractivity contribution is 9.10. The molecular formula is C20H20BrN3O2S. The van der Waals surface area contributed by atoms with Gasteiger partial charge >= 0.3 is 0 Å². The molecule has 0 aliphatic carbocycles. The molecule has 1 aromatic heterocycles. The van der Waals surface area contributed by atoms with Crippen LogP contribution in [0.2, 0.25) is 0 Å². The number of anilines is 1. The van der Waals surface area contributed by atoms with Gasteiger partial charge in [-0.1, -0.05) is 61.6 Å². The molecule has 3 aromatic rings. The van der Waals surface area contributed by atoms with Crippen LogP contribution in [0.3, 0.4) is 0 Å². The van der Waals surface area contributed by atoms with Gasteiger partial charge in [0.05, 0.1) is 17.0 Å². The van der Waals surface area contributed by atoms with E-state index < -0.39 is 5.41 Å². The largest absolute Gasteiger partial charge is 0.496 e. The van der Waals surface area contributed by atoms with E-state index in [1.165, 1.54) is 11.3 Å². The van der Waals surface area contributed by atoms with Crippen molar-refractivity contribution in [3.05, 3.63) is 69.6 Å². The second kappa shape index (κ2) is 8.19. The Bertz CT molecular complexity index is 914. The van der Waals surface area contributed by atoms with Crippen LogP contribution in [-0.4, -0.2) is 23.2 Å². The van der Waals surface area contributed by atoms with E-state index in [0.29, 0.717) is 5.13 Å². The fourth-order valence-corrected chi connectivity index (χ4v) is 4.15. The highest BCUT2D eigenvalue weighted by atomic mass is 79.9. The monoisotopic (exact) mass is 445 g/mol. The van der Waals surface area contributed by atoms with Crippen molar-refractivity contribution < 1.29 is 9.53 Å². The number of nitrogens with one attached hydrogen (secondary N) is 1. The Morgan fingerprint density at radius 3 is 2.52 bits per heavy atom. The predicted octanol–water partition coefficient (Wildman–Crippen LogP) is 5.11. The molecule has 0 unspecified atom stereocenters. The molecule has 0 aliphatic rings. The van der Waals surface area contributed by atoms with Crippen molar-refractivity contribution in [2.45, 2.75) is 19.8 Å². The zero-order chi connectivity index (χ0) is 19.4. The van der Waals surface area contributed by atoms with Crippen molar-refractivity contribution in [1.82, 2.24) is 10.2 Å². The average molecular weight is 446 g/mol. The molecule has 1 atom stereocenters. The van der Waals surface area contributed by atoms with Crippen molar-refractivity contribution in [2.75, 3.05) is 12.4 Å². The second-order valence-corrected chi connectivity index (χ2v) is 8.34. The summed E-state index contributed by atoms with van der Waals surface area (Å²) < 4.78 is 6.20. The number of carbonyl (C=O) groups is 1. The first-order chi connectivity index (χ1) is 12.9. The van der Waals surface area contributed by atoms with Gasteiger partial charge in [-0.2, -0.15) is 0 Å². The van der Waals surface area contributed by atoms with E-state index in [0.717, 1.165) is 21.3 Å². The SMILES string of the molecule is COc1ccc([C@@H](c2ccccc2)C(C)(C)C(=O)Nc2nncs2)cc1Br. The lowest BCUT2D eigenvalue weighted by molar-refractivity contribution is -0.124. The fourth-order valence-electron chi connectivity index (χ4n) is 3.15. The summed E-state index contributed by atoms with van der Waals surface area (Å²) in [4.78, 5) is 13.1. The van der Waals surface area contributed by atoms with Crippen LogP contribution in [0.5, 0.6) is 5.75 Å². The highest BCUT2D eigenvalue weighted by Crippen LogP contribution is 2.43. The van der Waals surface area contributed by atoms with Crippen molar-refractivity contribution in [3.8, 4) is 5.75 Å². The lowest BCUT2D eigenvalue weighted by Crippen LogP contribution is -2.37. The van der Waals surface area contributed by atoms with Crippen molar-refractivity contribution in [3.63, 3.8) is 0 Å². The molecule has 27 heavy (non-hydrogen) atoms. The third kappa shape index (κ3) is 4.20. The number of carbonyl (C=O) groups excluding carboxylic acids is 1. The summed E-state index contributed by atoms with van der Waals surface area (Å²) in [5.74, 6) is 0.482. The van der Waals surface area contributed by atoms with Gasteiger partial charge in [0, 0.05) is 5.92 Å². The molecule has 0 saturated carbocycles. The average Bonchev–Trinajstić information content (AvgIpc) is 3.16. The summed E-state index contributed by atoms with van der Waals surface area (Å²) in [7, 11) is 1.63. The molecule has 1 N–H and O–H groups in total. The summed E-state index contributed by atoms with van der Waals surface area (Å²) in [6.07, 6.45) is 0. The first kappa shape index (κ1) is 19.5. The Morgan fingerprint density at radius 1 is 1.19 bits per heavy atom. The van der Waals surface area contributed by atoms with E-state index in [1.54, 1.807) is 12.6 Å². The van der Waals surface area contributed by atoms with Crippen molar-refractivity contribution in [1.29, 1.82) is 0 Å². The molecule has 0 aliphatic heterocycles. The molecule has 1 amide bonds. The van der Waals surface area contributed by atoms with Gasteiger partial charge in [0.25, 0.3) is 0 Å². The molecule has 1 heterocycles. The van der Waals surface area contributed by atoms with Gasteiger partial charge in [-0.3, -0.25) is 4.79 Å². The second-order valence-electron chi connectivity index (χ2n) is 6.66. The van der Waals surface area contributed by atoms with E-state index in [4.69, 9.17) is 4.74 Å². The maximum absolute atomic E-state index is 13.1. The third-order valence-corrected chi connectivity index (χ3v) is 5.76. The molecule has 7 heteroatoms. The van der Waals surface area contributed by atoms with Crippen LogP contribution in [-0.2, 0) is 4.79 Å². The topological polar surface area (TPSA) is 64.1 Å². The molecule has 3 rings (SSSR count). The molecule has 5 nitrogen and oxygen atoms in total. The van der Waals surface area contributed by atoms with Gasteiger partial charge < -0.3 is 10.1 Å². The number of aromatic nitrogens is 2. The molecule has 0 bridgehead atoms. The lowest BCUT2D eigenvalue weighted by atomic mass is 9.70. The zero-order valence-electron chi connectivity index (χ0n) is 15.3. The van der Waals surface area contributed by atoms with Crippen molar-refractivity contribution >= 4 is 38.3 Å². The van der Waals surface area contributed by atoms with Gasteiger partial charge in [-0.05, 0) is 39.2 Å². The van der Waals surface area contributed by atoms with E-state index in [9.17, 15) is 4.79 Å². The summed E-state index contributed by atoms with van der Waals surface area (Å²) in [5, 5.41) is 11.1. The summed E-state index contributed by atoms with van der Waals surface area (Å²) in [6.45, 7) is 3.89. The van der Waals surface area contributed by atoms with E-state index in [1.807, 2.05) is 62.4 Å². The van der Waals surface area contributed by atoms with Crippen LogP contribution in [0.15, 0.2) is 58.5 Å². The number of ether oxygens (including phenoxy) is 1. The summed E-state index contributed by atoms with van der Waals surface area (Å²) >= 11 is 4.86. The Morgan fingerprint density at radius 2 is 1.93 bits per heavy atom. The highest BCUT2D eigenvalue weighted by Gasteiger charge is 2.39. The van der Waals surface area contributed by atoms with Crippen LogP contribution in [0.1, 0.15) is 30.9 Å². The summed E-state index contributed by atoms with van der Waals surface area (Å²) in [5.41, 5.74) is 2.94. The number of benzene rings is 2. The normalized spacial score (nSPS) is 12.4. The molecule has 2 aromatic carbocycles. The number of nitrogens with zero attached hydrogens (tertiary/aromatic N) is 2. The van der Waals surface area contributed by atoms with Crippen LogP contribution < -0.4 is 10.1 Å². The predicted molar refractivity (Wildman–Crippen MR) is 111 cm³/mol. The van der Waals surface area contributed by atoms with Crippen LogP contribution in [0, 0.1) is 5.41 Å². The summed E-state index contributed by atoms with van der Waals surface area (Å²) in [6, 6.07) is 16.0. The number of rotatable bonds is 6. The first-order valence-electron chi connectivity index (χ1n) is 8.39. The van der Waals surface area contributed by atoms with Crippen LogP contribution in [0.4, 0.5) is 5.13 Å². The molecule has 0 radical (unpaired) electrons. The minimum Gasteiger partial charge on any atom is -0.496 e. The van der Waals surface area contributed by atoms with E-state index >= 15 is 0 Å². The maximum Gasteiger partial charge on any atom is 0.232 e. The molecule has 0 fully saturated rings. The fraction of sp³-hybridized carbons (Fsp3) is 0.250. The zero-order valence-corrected chi connectivity index (χ0v) is 17.7. The quantitative estimate of drug-likeness (QED) is 0.572. The number of methoxy groups -OCH3 is 1. The smallest absolute Gasteiger partial charge is 0.232 e. The number of amides is 1. The van der Waals surface area contributed by atoms with E-state index in [-0.39, 0.29) is 11.8 Å². The van der Waals surface area contributed by atoms with Gasteiger partial charge in [0.2, 0.25) is 11.0 Å². The van der Waals surface area contributed by atoms with Crippen molar-refractivity contribution in [2.24, 2.45) is 5.41 Å². The minimum absolute atomic E-state index is 0.111. The van der Waals surface area contributed by atoms with Gasteiger partial charge in [0.15, 0.2) is 0 Å². The number of halogens is 1. The Hall–Kier alpha value is -2.25. The van der Waals surface area contributed by atoms with Gasteiger partial charge in [-0.25, -0.2) is 0 Å². The number of hydrogen-bond donors (Lipinski definition) is 1. The van der Waals surface area contributed by atoms with E-state index in [2.05, 4.69) is 31.4 Å². The number of hydrogen-bond acceptors (Lipinski definition) is 5. The molecule has 140 valence electrons. The van der Waals surface area contributed by atoms with Gasteiger partial charge in [-0.15, -0.1) is 10.2 Å². The Balaban J connectivity index is 2.04. The van der Waals surface area contributed by atoms with Gasteiger partial charge in [0.1, 0.15) is 11.3 Å². The lowest BCUT2D eigenvalue weighted by Gasteiger charge is -2.34. The Kier molecular flexibility index (Phi) is 5.92. The minimum atomic E-state index is -0.735.